The molecule has 24 heavy (non-hydrogen) atoms. The van der Waals surface area contributed by atoms with Gasteiger partial charge in [0.15, 0.2) is 0 Å². The van der Waals surface area contributed by atoms with Gasteiger partial charge in [0, 0.05) is 12.6 Å². The highest BCUT2D eigenvalue weighted by atomic mass is 19.1. The molecule has 0 radical (unpaired) electrons. The zero-order valence-electron chi connectivity index (χ0n) is 14.1. The molecule has 4 heteroatoms. The number of hydrogen-bond acceptors (Lipinski definition) is 3. The van der Waals surface area contributed by atoms with Gasteiger partial charge in [-0.3, -0.25) is 4.90 Å². The maximum absolute atomic E-state index is 13.1. The van der Waals surface area contributed by atoms with Crippen LogP contribution in [0.2, 0.25) is 0 Å². The predicted molar refractivity (Wildman–Crippen MR) is 93.1 cm³/mol. The summed E-state index contributed by atoms with van der Waals surface area (Å²) in [6.45, 7) is 2.79. The molecule has 0 N–H and O–H groups in total. The molecule has 0 spiro atoms. The van der Waals surface area contributed by atoms with Crippen molar-refractivity contribution in [3.05, 3.63) is 59.9 Å². The van der Waals surface area contributed by atoms with E-state index in [4.69, 9.17) is 9.47 Å². The third-order valence-corrected chi connectivity index (χ3v) is 4.54. The maximum atomic E-state index is 13.1. The number of likely N-dealkylation sites (tertiary alicyclic amines) is 1. The molecule has 0 amide bonds. The average molecular weight is 329 g/mol. The van der Waals surface area contributed by atoms with E-state index in [-0.39, 0.29) is 5.82 Å². The van der Waals surface area contributed by atoms with Crippen molar-refractivity contribution in [1.82, 2.24) is 4.90 Å². The molecule has 2 aromatic carbocycles. The SMILES string of the molecule is COc1ccc(OCCCN2CCCC2c2ccc(F)cc2)cc1. The van der Waals surface area contributed by atoms with Gasteiger partial charge in [0.05, 0.1) is 13.7 Å². The van der Waals surface area contributed by atoms with E-state index in [1.54, 1.807) is 19.2 Å². The fourth-order valence-electron chi connectivity index (χ4n) is 3.29. The molecule has 1 unspecified atom stereocenters. The van der Waals surface area contributed by atoms with Gasteiger partial charge in [-0.1, -0.05) is 12.1 Å². The van der Waals surface area contributed by atoms with Crippen LogP contribution in [0.15, 0.2) is 48.5 Å². The second-order valence-electron chi connectivity index (χ2n) is 6.12. The van der Waals surface area contributed by atoms with E-state index in [9.17, 15) is 4.39 Å². The van der Waals surface area contributed by atoms with Crippen LogP contribution in [-0.4, -0.2) is 31.7 Å². The highest BCUT2D eigenvalue weighted by Crippen LogP contribution is 2.31. The van der Waals surface area contributed by atoms with Crippen LogP contribution < -0.4 is 9.47 Å². The van der Waals surface area contributed by atoms with Crippen LogP contribution in [0.25, 0.3) is 0 Å². The van der Waals surface area contributed by atoms with Crippen LogP contribution in [-0.2, 0) is 0 Å². The zero-order chi connectivity index (χ0) is 16.8. The molecule has 0 saturated carbocycles. The molecule has 1 saturated heterocycles. The van der Waals surface area contributed by atoms with Crippen LogP contribution in [0.3, 0.4) is 0 Å². The Morgan fingerprint density at radius 3 is 2.46 bits per heavy atom. The lowest BCUT2D eigenvalue weighted by atomic mass is 10.0. The van der Waals surface area contributed by atoms with Crippen molar-refractivity contribution in [1.29, 1.82) is 0 Å². The lowest BCUT2D eigenvalue weighted by Crippen LogP contribution is -2.25. The molecule has 0 bridgehead atoms. The summed E-state index contributed by atoms with van der Waals surface area (Å²) in [5.74, 6) is 1.53. The van der Waals surface area contributed by atoms with Crippen molar-refractivity contribution < 1.29 is 13.9 Å². The molecule has 1 fully saturated rings. The fraction of sp³-hybridized carbons (Fsp3) is 0.400. The Kier molecular flexibility index (Phi) is 5.70. The summed E-state index contributed by atoms with van der Waals surface area (Å²) >= 11 is 0. The summed E-state index contributed by atoms with van der Waals surface area (Å²) in [4.78, 5) is 2.48. The van der Waals surface area contributed by atoms with Crippen molar-refractivity contribution in [2.75, 3.05) is 26.8 Å². The van der Waals surface area contributed by atoms with Crippen molar-refractivity contribution in [3.63, 3.8) is 0 Å². The quantitative estimate of drug-likeness (QED) is 0.701. The smallest absolute Gasteiger partial charge is 0.123 e. The Hall–Kier alpha value is -2.07. The molecule has 3 rings (SSSR count). The number of nitrogens with zero attached hydrogens (tertiary/aromatic N) is 1. The second-order valence-corrected chi connectivity index (χ2v) is 6.12. The summed E-state index contributed by atoms with van der Waals surface area (Å²) < 4.78 is 24.0. The fourth-order valence-corrected chi connectivity index (χ4v) is 3.29. The third-order valence-electron chi connectivity index (χ3n) is 4.54. The monoisotopic (exact) mass is 329 g/mol. The summed E-state index contributed by atoms with van der Waals surface area (Å²) in [5, 5.41) is 0. The zero-order valence-corrected chi connectivity index (χ0v) is 14.1. The van der Waals surface area contributed by atoms with Crippen molar-refractivity contribution in [2.24, 2.45) is 0 Å². The summed E-state index contributed by atoms with van der Waals surface area (Å²) in [6, 6.07) is 15.0. The van der Waals surface area contributed by atoms with Gasteiger partial charge in [-0.05, 0) is 67.8 Å². The van der Waals surface area contributed by atoms with E-state index in [1.165, 1.54) is 12.0 Å². The molecular weight excluding hydrogens is 305 g/mol. The Morgan fingerprint density at radius 2 is 1.75 bits per heavy atom. The molecule has 128 valence electrons. The summed E-state index contributed by atoms with van der Waals surface area (Å²) in [6.07, 6.45) is 3.32. The Labute approximate surface area is 143 Å². The van der Waals surface area contributed by atoms with E-state index in [0.717, 1.165) is 37.4 Å². The first-order chi connectivity index (χ1) is 11.8. The summed E-state index contributed by atoms with van der Waals surface area (Å²) in [7, 11) is 1.66. The van der Waals surface area contributed by atoms with Crippen LogP contribution in [0.1, 0.15) is 30.9 Å². The average Bonchev–Trinajstić information content (AvgIpc) is 3.08. The highest BCUT2D eigenvalue weighted by molar-refractivity contribution is 5.31. The van der Waals surface area contributed by atoms with E-state index in [1.807, 2.05) is 36.4 Å². The topological polar surface area (TPSA) is 21.7 Å². The van der Waals surface area contributed by atoms with Crippen molar-refractivity contribution in [2.45, 2.75) is 25.3 Å². The van der Waals surface area contributed by atoms with Gasteiger partial charge < -0.3 is 9.47 Å². The Bertz CT molecular complexity index is 627. The molecule has 0 aliphatic carbocycles. The number of rotatable bonds is 7. The van der Waals surface area contributed by atoms with Crippen molar-refractivity contribution >= 4 is 0 Å². The van der Waals surface area contributed by atoms with Crippen LogP contribution in [0.4, 0.5) is 4.39 Å². The lowest BCUT2D eigenvalue weighted by molar-refractivity contribution is 0.222. The normalized spacial score (nSPS) is 17.8. The summed E-state index contributed by atoms with van der Waals surface area (Å²) in [5.41, 5.74) is 1.21. The van der Waals surface area contributed by atoms with Crippen molar-refractivity contribution in [3.8, 4) is 11.5 Å². The van der Waals surface area contributed by atoms with E-state index in [2.05, 4.69) is 4.90 Å². The molecule has 2 aromatic rings. The second kappa shape index (κ2) is 8.15. The largest absolute Gasteiger partial charge is 0.497 e. The minimum Gasteiger partial charge on any atom is -0.497 e. The molecule has 1 atom stereocenters. The minimum absolute atomic E-state index is 0.170. The number of methoxy groups -OCH3 is 1. The van der Waals surface area contributed by atoms with Crippen LogP contribution in [0.5, 0.6) is 11.5 Å². The molecular formula is C20H24FNO2. The molecule has 1 aliphatic heterocycles. The maximum Gasteiger partial charge on any atom is 0.123 e. The first-order valence-corrected chi connectivity index (χ1v) is 8.52. The number of hydrogen-bond donors (Lipinski definition) is 0. The standard InChI is InChI=1S/C20H24FNO2/c1-23-18-9-11-19(12-10-18)24-15-3-14-22-13-2-4-20(22)16-5-7-17(21)8-6-16/h5-12,20H,2-4,13-15H2,1H3. The third kappa shape index (κ3) is 4.26. The molecule has 1 aliphatic rings. The number of benzene rings is 2. The number of ether oxygens (including phenoxy) is 2. The number of halogens is 1. The van der Waals surface area contributed by atoms with E-state index >= 15 is 0 Å². The van der Waals surface area contributed by atoms with Gasteiger partial charge in [-0.2, -0.15) is 0 Å². The van der Waals surface area contributed by atoms with E-state index < -0.39 is 0 Å². The van der Waals surface area contributed by atoms with Gasteiger partial charge >= 0.3 is 0 Å². The first-order valence-electron chi connectivity index (χ1n) is 8.52. The minimum atomic E-state index is -0.170. The van der Waals surface area contributed by atoms with Gasteiger partial charge in [-0.15, -0.1) is 0 Å². The Morgan fingerprint density at radius 1 is 1.04 bits per heavy atom. The van der Waals surface area contributed by atoms with Gasteiger partial charge in [0.2, 0.25) is 0 Å². The van der Waals surface area contributed by atoms with Gasteiger partial charge in [0.25, 0.3) is 0 Å². The van der Waals surface area contributed by atoms with Crippen LogP contribution >= 0.6 is 0 Å². The molecule has 1 heterocycles. The lowest BCUT2D eigenvalue weighted by Gasteiger charge is -2.24. The predicted octanol–water partition coefficient (Wildman–Crippen LogP) is 4.44. The first kappa shape index (κ1) is 16.8. The van der Waals surface area contributed by atoms with Crippen LogP contribution in [0, 0.1) is 5.82 Å². The Balaban J connectivity index is 1.46. The molecule has 0 aromatic heterocycles. The van der Waals surface area contributed by atoms with Gasteiger partial charge in [-0.25, -0.2) is 4.39 Å². The molecule has 3 nitrogen and oxygen atoms in total. The highest BCUT2D eigenvalue weighted by Gasteiger charge is 2.25. The van der Waals surface area contributed by atoms with Gasteiger partial charge in [0.1, 0.15) is 17.3 Å². The van der Waals surface area contributed by atoms with E-state index in [0.29, 0.717) is 12.6 Å².